The molecule has 0 bridgehead atoms. The van der Waals surface area contributed by atoms with Gasteiger partial charge in [-0.05, 0) is 26.2 Å². The van der Waals surface area contributed by atoms with Crippen LogP contribution in [0, 0.1) is 0 Å². The Kier molecular flexibility index (Phi) is 4.73. The van der Waals surface area contributed by atoms with Gasteiger partial charge in [0.1, 0.15) is 0 Å². The van der Waals surface area contributed by atoms with Gasteiger partial charge in [0.15, 0.2) is 0 Å². The van der Waals surface area contributed by atoms with Crippen LogP contribution in [-0.2, 0) is 14.8 Å². The van der Waals surface area contributed by atoms with Gasteiger partial charge in [0.05, 0.1) is 5.75 Å². The van der Waals surface area contributed by atoms with Crippen molar-refractivity contribution in [1.82, 2.24) is 4.31 Å². The average Bonchev–Trinajstić information content (AvgIpc) is 2.26. The molecule has 0 radical (unpaired) electrons. The molecule has 16 heavy (non-hydrogen) atoms. The van der Waals surface area contributed by atoms with Crippen LogP contribution in [0.4, 0.5) is 0 Å². The number of aliphatic carboxylic acids is 1. The summed E-state index contributed by atoms with van der Waals surface area (Å²) < 4.78 is 25.1. The number of carbonyl (C=O) groups is 1. The van der Waals surface area contributed by atoms with Crippen molar-refractivity contribution in [3.63, 3.8) is 0 Å². The third-order valence-corrected chi connectivity index (χ3v) is 4.91. The first-order chi connectivity index (χ1) is 7.47. The molecular weight excluding hydrogens is 230 g/mol. The fraction of sp³-hybridized carbons (Fsp3) is 0.900. The van der Waals surface area contributed by atoms with Crippen molar-refractivity contribution in [2.24, 2.45) is 0 Å². The molecular formula is C10H19NO4S. The maximum atomic E-state index is 11.8. The number of carboxylic acids is 1. The van der Waals surface area contributed by atoms with Crippen molar-refractivity contribution < 1.29 is 18.3 Å². The zero-order chi connectivity index (χ0) is 12.2. The fourth-order valence-corrected chi connectivity index (χ4v) is 3.49. The van der Waals surface area contributed by atoms with E-state index in [0.717, 1.165) is 19.3 Å². The topological polar surface area (TPSA) is 74.7 Å². The van der Waals surface area contributed by atoms with Crippen molar-refractivity contribution in [3.05, 3.63) is 0 Å². The lowest BCUT2D eigenvalue weighted by Gasteiger charge is -2.34. The fourth-order valence-electron chi connectivity index (χ4n) is 2.08. The summed E-state index contributed by atoms with van der Waals surface area (Å²) in [5.41, 5.74) is 0. The van der Waals surface area contributed by atoms with E-state index in [1.165, 1.54) is 4.31 Å². The molecule has 1 fully saturated rings. The summed E-state index contributed by atoms with van der Waals surface area (Å²) >= 11 is 0. The molecule has 0 aromatic rings. The van der Waals surface area contributed by atoms with E-state index in [-0.39, 0.29) is 18.2 Å². The molecule has 0 aromatic heterocycles. The van der Waals surface area contributed by atoms with Gasteiger partial charge in [-0.25, -0.2) is 8.42 Å². The summed E-state index contributed by atoms with van der Waals surface area (Å²) in [6.07, 6.45) is 3.12. The Balaban J connectivity index is 2.68. The summed E-state index contributed by atoms with van der Waals surface area (Å²) in [4.78, 5) is 10.5. The van der Waals surface area contributed by atoms with Gasteiger partial charge in [-0.1, -0.05) is 6.42 Å². The Hall–Kier alpha value is -0.620. The number of piperidine rings is 1. The Labute approximate surface area is 96.5 Å². The maximum absolute atomic E-state index is 11.8. The Bertz CT molecular complexity index is 339. The Morgan fingerprint density at radius 1 is 1.44 bits per heavy atom. The van der Waals surface area contributed by atoms with Crippen molar-refractivity contribution in [2.75, 3.05) is 12.3 Å². The lowest BCUT2D eigenvalue weighted by Crippen LogP contribution is -2.44. The lowest BCUT2D eigenvalue weighted by atomic mass is 10.0. The van der Waals surface area contributed by atoms with E-state index < -0.39 is 16.0 Å². The van der Waals surface area contributed by atoms with Gasteiger partial charge in [0, 0.05) is 19.0 Å². The Morgan fingerprint density at radius 3 is 2.69 bits per heavy atom. The minimum atomic E-state index is -3.18. The summed E-state index contributed by atoms with van der Waals surface area (Å²) in [5, 5.41) is 8.62. The molecule has 0 saturated carbocycles. The van der Waals surface area contributed by atoms with E-state index in [1.54, 1.807) is 6.92 Å². The monoisotopic (exact) mass is 249 g/mol. The maximum Gasteiger partial charge on any atom is 0.303 e. The largest absolute Gasteiger partial charge is 0.481 e. The lowest BCUT2D eigenvalue weighted by molar-refractivity contribution is -0.137. The highest BCUT2D eigenvalue weighted by atomic mass is 32.2. The van der Waals surface area contributed by atoms with Crippen LogP contribution in [0.2, 0.25) is 0 Å². The molecule has 1 atom stereocenters. The quantitative estimate of drug-likeness (QED) is 0.790. The summed E-state index contributed by atoms with van der Waals surface area (Å²) in [6, 6.07) is -0.116. The number of nitrogens with zero attached hydrogens (tertiary/aromatic N) is 1. The number of rotatable bonds is 5. The Morgan fingerprint density at radius 2 is 2.12 bits per heavy atom. The minimum absolute atomic E-state index is 0.0421. The van der Waals surface area contributed by atoms with Crippen LogP contribution in [0.25, 0.3) is 0 Å². The predicted octanol–water partition coefficient (Wildman–Crippen LogP) is 1.06. The number of hydrogen-bond donors (Lipinski definition) is 1. The number of hydrogen-bond acceptors (Lipinski definition) is 3. The zero-order valence-electron chi connectivity index (χ0n) is 9.55. The van der Waals surface area contributed by atoms with Crippen molar-refractivity contribution in [3.8, 4) is 0 Å². The van der Waals surface area contributed by atoms with Crippen LogP contribution in [-0.4, -0.2) is 42.1 Å². The van der Waals surface area contributed by atoms with E-state index in [9.17, 15) is 13.2 Å². The van der Waals surface area contributed by atoms with E-state index in [4.69, 9.17) is 5.11 Å². The van der Waals surface area contributed by atoms with E-state index in [0.29, 0.717) is 13.0 Å². The third-order valence-electron chi connectivity index (χ3n) is 2.99. The third kappa shape index (κ3) is 3.45. The predicted molar refractivity (Wildman–Crippen MR) is 60.7 cm³/mol. The average molecular weight is 249 g/mol. The molecule has 0 amide bonds. The zero-order valence-corrected chi connectivity index (χ0v) is 10.4. The van der Waals surface area contributed by atoms with E-state index in [2.05, 4.69) is 0 Å². The summed E-state index contributed by atoms with van der Waals surface area (Å²) in [7, 11) is -3.18. The highest BCUT2D eigenvalue weighted by Gasteiger charge is 2.30. The smallest absolute Gasteiger partial charge is 0.303 e. The summed E-state index contributed by atoms with van der Waals surface area (Å²) in [5.74, 6) is -0.768. The van der Waals surface area contributed by atoms with Crippen LogP contribution in [0.3, 0.4) is 0 Å². The number of sulfonamides is 1. The molecule has 1 N–H and O–H groups in total. The molecule has 1 rings (SSSR count). The first-order valence-electron chi connectivity index (χ1n) is 5.68. The molecule has 1 saturated heterocycles. The first-order valence-corrected chi connectivity index (χ1v) is 7.29. The SMILES string of the molecule is CCS(=O)(=O)N1CCCCC1CCC(=O)O. The molecule has 5 nitrogen and oxygen atoms in total. The molecule has 1 unspecified atom stereocenters. The molecule has 6 heteroatoms. The van der Waals surface area contributed by atoms with Crippen LogP contribution in [0.1, 0.15) is 39.0 Å². The van der Waals surface area contributed by atoms with Gasteiger partial charge < -0.3 is 5.11 Å². The molecule has 1 aliphatic rings. The van der Waals surface area contributed by atoms with Gasteiger partial charge >= 0.3 is 5.97 Å². The minimum Gasteiger partial charge on any atom is -0.481 e. The molecule has 0 aliphatic carbocycles. The second-order valence-electron chi connectivity index (χ2n) is 4.09. The van der Waals surface area contributed by atoms with Crippen LogP contribution >= 0.6 is 0 Å². The normalized spacial score (nSPS) is 23.2. The van der Waals surface area contributed by atoms with Gasteiger partial charge in [-0.3, -0.25) is 4.79 Å². The highest BCUT2D eigenvalue weighted by Crippen LogP contribution is 2.23. The van der Waals surface area contributed by atoms with Gasteiger partial charge in [-0.2, -0.15) is 4.31 Å². The van der Waals surface area contributed by atoms with E-state index in [1.807, 2.05) is 0 Å². The first kappa shape index (κ1) is 13.4. The van der Waals surface area contributed by atoms with Gasteiger partial charge in [-0.15, -0.1) is 0 Å². The molecule has 1 heterocycles. The molecule has 1 aliphatic heterocycles. The van der Waals surface area contributed by atoms with Gasteiger partial charge in [0.25, 0.3) is 0 Å². The standard InChI is InChI=1S/C10H19NO4S/c1-2-16(14,15)11-8-4-3-5-9(11)6-7-10(12)13/h9H,2-8H2,1H3,(H,12,13). The van der Waals surface area contributed by atoms with Crippen LogP contribution < -0.4 is 0 Å². The second-order valence-corrected chi connectivity index (χ2v) is 6.30. The van der Waals surface area contributed by atoms with Crippen molar-refractivity contribution in [1.29, 1.82) is 0 Å². The van der Waals surface area contributed by atoms with Gasteiger partial charge in [0.2, 0.25) is 10.0 Å². The molecule has 0 aromatic carbocycles. The summed E-state index contributed by atoms with van der Waals surface area (Å²) in [6.45, 7) is 2.17. The highest BCUT2D eigenvalue weighted by molar-refractivity contribution is 7.89. The van der Waals surface area contributed by atoms with Crippen LogP contribution in [0.5, 0.6) is 0 Å². The second kappa shape index (κ2) is 5.63. The number of carboxylic acid groups (broad SMARTS) is 1. The molecule has 94 valence electrons. The van der Waals surface area contributed by atoms with Crippen molar-refractivity contribution >= 4 is 16.0 Å². The molecule has 0 spiro atoms. The van der Waals surface area contributed by atoms with Crippen molar-refractivity contribution in [2.45, 2.75) is 45.1 Å². The van der Waals surface area contributed by atoms with E-state index >= 15 is 0 Å². The van der Waals surface area contributed by atoms with Crippen LogP contribution in [0.15, 0.2) is 0 Å².